The molecule has 32 heavy (non-hydrogen) atoms. The van der Waals surface area contributed by atoms with Crippen LogP contribution < -0.4 is 11.1 Å². The van der Waals surface area contributed by atoms with E-state index in [2.05, 4.69) is 20.4 Å². The van der Waals surface area contributed by atoms with Crippen LogP contribution in [-0.4, -0.2) is 21.2 Å². The molecule has 166 valence electrons. The second-order valence-corrected chi connectivity index (χ2v) is 9.44. The number of rotatable bonds is 4. The molecule has 10 heteroatoms. The van der Waals surface area contributed by atoms with Gasteiger partial charge < -0.3 is 15.6 Å². The molecule has 2 atom stereocenters. The number of amides is 1. The van der Waals surface area contributed by atoms with Gasteiger partial charge in [-0.2, -0.15) is 0 Å². The molecule has 1 amide bonds. The number of pyridine rings is 1. The van der Waals surface area contributed by atoms with E-state index in [0.717, 1.165) is 11.3 Å². The van der Waals surface area contributed by atoms with Crippen LogP contribution in [0.3, 0.4) is 0 Å². The first kappa shape index (κ1) is 22.3. The first-order valence-corrected chi connectivity index (χ1v) is 11.1. The molecular weight excluding hydrogens is 453 g/mol. The van der Waals surface area contributed by atoms with Gasteiger partial charge in [0.1, 0.15) is 17.3 Å². The van der Waals surface area contributed by atoms with E-state index in [4.69, 9.17) is 21.9 Å². The van der Waals surface area contributed by atoms with Crippen molar-refractivity contribution in [2.45, 2.75) is 38.0 Å². The lowest BCUT2D eigenvalue weighted by Gasteiger charge is -2.35. The van der Waals surface area contributed by atoms with E-state index in [0.29, 0.717) is 33.6 Å². The third kappa shape index (κ3) is 4.35. The molecule has 0 radical (unpaired) electrons. The summed E-state index contributed by atoms with van der Waals surface area (Å²) in [6.45, 7) is 5.54. The number of carbonyl (C=O) groups excluding carboxylic acids is 1. The highest BCUT2D eigenvalue weighted by molar-refractivity contribution is 8.14. The molecule has 1 aliphatic heterocycles. The van der Waals surface area contributed by atoms with Crippen molar-refractivity contribution in [2.75, 3.05) is 5.32 Å². The maximum Gasteiger partial charge on any atom is 0.274 e. The summed E-state index contributed by atoms with van der Waals surface area (Å²) < 4.78 is 20.3. The number of halogens is 2. The number of nitrogens with zero attached hydrogens (tertiary/aromatic N) is 3. The van der Waals surface area contributed by atoms with Crippen LogP contribution in [0.1, 0.15) is 51.7 Å². The molecule has 3 aromatic rings. The van der Waals surface area contributed by atoms with Crippen LogP contribution in [-0.2, 0) is 5.54 Å². The minimum atomic E-state index is -0.945. The molecule has 3 N–H and O–H groups in total. The molecule has 0 fully saturated rings. The molecule has 0 saturated heterocycles. The number of thioether (sulfide) groups is 1. The average Bonchev–Trinajstić information content (AvgIpc) is 3.07. The Morgan fingerprint density at radius 3 is 2.78 bits per heavy atom. The summed E-state index contributed by atoms with van der Waals surface area (Å²) in [7, 11) is 0. The quantitative estimate of drug-likeness (QED) is 0.543. The van der Waals surface area contributed by atoms with E-state index in [9.17, 15) is 9.18 Å². The van der Waals surface area contributed by atoms with Gasteiger partial charge in [-0.1, -0.05) is 28.5 Å². The summed E-state index contributed by atoms with van der Waals surface area (Å²) in [5.41, 5.74) is 7.87. The number of hydrogen-bond donors (Lipinski definition) is 2. The zero-order chi connectivity index (χ0) is 23.0. The van der Waals surface area contributed by atoms with Crippen molar-refractivity contribution < 1.29 is 13.7 Å². The number of amidine groups is 1. The van der Waals surface area contributed by atoms with Crippen molar-refractivity contribution in [3.05, 3.63) is 75.6 Å². The number of aliphatic imine (C=N–C) groups is 1. The summed E-state index contributed by atoms with van der Waals surface area (Å²) in [4.78, 5) is 21.1. The van der Waals surface area contributed by atoms with Gasteiger partial charge in [-0.3, -0.25) is 9.79 Å². The van der Waals surface area contributed by atoms with Crippen molar-refractivity contribution in [2.24, 2.45) is 10.7 Å². The highest BCUT2D eigenvalue weighted by atomic mass is 35.5. The van der Waals surface area contributed by atoms with Gasteiger partial charge in [0.15, 0.2) is 5.17 Å². The molecule has 0 spiro atoms. The number of nitrogens with two attached hydrogens (primary N) is 1. The van der Waals surface area contributed by atoms with Crippen LogP contribution in [0.25, 0.3) is 0 Å². The number of benzene rings is 1. The molecule has 0 bridgehead atoms. The number of nitrogens with one attached hydrogen (secondary N) is 1. The number of aryl methyl sites for hydroxylation is 2. The first-order valence-electron chi connectivity index (χ1n) is 9.84. The smallest absolute Gasteiger partial charge is 0.274 e. The molecule has 0 unspecified atom stereocenters. The standard InChI is InChI=1S/C22H21ClFN5O2S/c1-11-19(12(2)31-29-11)18-9-22(3,28-21(25)32-18)15-8-14(5-6-16(15)24)27-20(30)17-7-4-13(23)10-26-17/h4-8,10,18H,9H2,1-3H3,(H2,25,28)(H,27,30)/t18-,22+/m0/s1. The molecular formula is C22H21ClFN5O2S. The van der Waals surface area contributed by atoms with Crippen LogP contribution in [0.4, 0.5) is 10.1 Å². The monoisotopic (exact) mass is 473 g/mol. The highest BCUT2D eigenvalue weighted by Gasteiger charge is 2.39. The Kier molecular flexibility index (Phi) is 5.96. The molecule has 1 aromatic carbocycles. The Hall–Kier alpha value is -2.91. The van der Waals surface area contributed by atoms with Gasteiger partial charge in [-0.15, -0.1) is 0 Å². The lowest BCUT2D eigenvalue weighted by Crippen LogP contribution is -2.31. The van der Waals surface area contributed by atoms with E-state index in [1.807, 2.05) is 20.8 Å². The zero-order valence-electron chi connectivity index (χ0n) is 17.6. The molecule has 0 saturated carbocycles. The second-order valence-electron chi connectivity index (χ2n) is 7.78. The summed E-state index contributed by atoms with van der Waals surface area (Å²) in [5.74, 6) is -0.162. The van der Waals surface area contributed by atoms with Gasteiger partial charge in [0.05, 0.1) is 16.3 Å². The van der Waals surface area contributed by atoms with Crippen LogP contribution in [0, 0.1) is 19.7 Å². The fourth-order valence-electron chi connectivity index (χ4n) is 3.87. The summed E-state index contributed by atoms with van der Waals surface area (Å²) in [5, 5.41) is 7.46. The van der Waals surface area contributed by atoms with Crippen LogP contribution in [0.15, 0.2) is 46.0 Å². The summed E-state index contributed by atoms with van der Waals surface area (Å²) in [6, 6.07) is 7.48. The Morgan fingerprint density at radius 2 is 2.12 bits per heavy atom. The second kappa shape index (κ2) is 8.55. The zero-order valence-corrected chi connectivity index (χ0v) is 19.2. The van der Waals surface area contributed by atoms with Gasteiger partial charge in [-0.25, -0.2) is 9.37 Å². The molecule has 2 aromatic heterocycles. The number of anilines is 1. The lowest BCUT2D eigenvalue weighted by atomic mass is 9.85. The highest BCUT2D eigenvalue weighted by Crippen LogP contribution is 2.48. The Bertz CT molecular complexity index is 1190. The van der Waals surface area contributed by atoms with Gasteiger partial charge in [0.25, 0.3) is 5.91 Å². The average molecular weight is 474 g/mol. The number of hydrogen-bond acceptors (Lipinski definition) is 7. The SMILES string of the molecule is Cc1noc(C)c1[C@@H]1C[C@](C)(c2cc(NC(=O)c3ccc(Cl)cn3)ccc2F)N=C(N)S1. The van der Waals surface area contributed by atoms with E-state index < -0.39 is 17.3 Å². The number of aromatic nitrogens is 2. The van der Waals surface area contributed by atoms with Crippen molar-refractivity contribution in [1.29, 1.82) is 0 Å². The largest absolute Gasteiger partial charge is 0.378 e. The van der Waals surface area contributed by atoms with Crippen molar-refractivity contribution in [3.8, 4) is 0 Å². The van der Waals surface area contributed by atoms with Crippen LogP contribution in [0.5, 0.6) is 0 Å². The molecule has 3 heterocycles. The summed E-state index contributed by atoms with van der Waals surface area (Å²) in [6.07, 6.45) is 1.87. The van der Waals surface area contributed by atoms with Crippen molar-refractivity contribution in [1.82, 2.24) is 10.1 Å². The normalized spacial score (nSPS) is 20.7. The van der Waals surface area contributed by atoms with Gasteiger partial charge in [0.2, 0.25) is 0 Å². The number of carbonyl (C=O) groups is 1. The van der Waals surface area contributed by atoms with E-state index in [-0.39, 0.29) is 10.9 Å². The van der Waals surface area contributed by atoms with Crippen molar-refractivity contribution in [3.63, 3.8) is 0 Å². The Balaban J connectivity index is 1.65. The molecule has 1 aliphatic rings. The van der Waals surface area contributed by atoms with Crippen LogP contribution in [0.2, 0.25) is 5.02 Å². The van der Waals surface area contributed by atoms with Gasteiger partial charge >= 0.3 is 0 Å². The molecule has 0 aliphatic carbocycles. The van der Waals surface area contributed by atoms with Gasteiger partial charge in [0, 0.05) is 28.3 Å². The van der Waals surface area contributed by atoms with Gasteiger partial charge in [-0.05, 0) is 57.5 Å². The Labute approximate surface area is 193 Å². The van der Waals surface area contributed by atoms with E-state index in [1.54, 1.807) is 12.1 Å². The van der Waals surface area contributed by atoms with Crippen molar-refractivity contribution >= 4 is 40.1 Å². The topological polar surface area (TPSA) is 106 Å². The third-order valence-electron chi connectivity index (χ3n) is 5.38. The molecule has 7 nitrogen and oxygen atoms in total. The minimum absolute atomic E-state index is 0.0975. The van der Waals surface area contributed by atoms with E-state index >= 15 is 0 Å². The predicted molar refractivity (Wildman–Crippen MR) is 124 cm³/mol. The van der Waals surface area contributed by atoms with Crippen LogP contribution >= 0.6 is 23.4 Å². The lowest BCUT2D eigenvalue weighted by molar-refractivity contribution is 0.102. The third-order valence-corrected chi connectivity index (χ3v) is 6.62. The van der Waals surface area contributed by atoms with E-state index in [1.165, 1.54) is 36.2 Å². The minimum Gasteiger partial charge on any atom is -0.378 e. The maximum absolute atomic E-state index is 15.0. The maximum atomic E-state index is 15.0. The summed E-state index contributed by atoms with van der Waals surface area (Å²) >= 11 is 7.23. The Morgan fingerprint density at radius 1 is 1.34 bits per heavy atom. The fraction of sp³-hybridized carbons (Fsp3) is 0.273. The predicted octanol–water partition coefficient (Wildman–Crippen LogP) is 5.14. The first-order chi connectivity index (χ1) is 15.2. The molecule has 4 rings (SSSR count). The fourth-order valence-corrected chi connectivity index (χ4v) is 5.39.